The lowest BCUT2D eigenvalue weighted by Gasteiger charge is -1.96. The highest BCUT2D eigenvalue weighted by atomic mass is 35.6. The average Bonchev–Trinajstić information content (AvgIpc) is 2.03. The fourth-order valence-electron chi connectivity index (χ4n) is 0.0577. The van der Waals surface area contributed by atoms with Crippen LogP contribution in [-0.4, -0.2) is 44.7 Å². The number of aldehydes is 1. The van der Waals surface area contributed by atoms with Crippen molar-refractivity contribution >= 4 is 41.1 Å². The number of carbonyl (C=O) groups excluding carboxylic acids is 1. The molecule has 0 fully saturated rings. The summed E-state index contributed by atoms with van der Waals surface area (Å²) in [5, 5.41) is 24.0. The number of alkyl halides is 3. The minimum Gasteiger partial charge on any atom is -0.394 e. The Morgan fingerprint density at radius 2 is 1.50 bits per heavy atom. The van der Waals surface area contributed by atoms with E-state index in [0.29, 0.717) is 0 Å². The van der Waals surface area contributed by atoms with E-state index in [1.54, 1.807) is 0 Å². The predicted molar refractivity (Wildman–Crippen MR) is 46.5 cm³/mol. The molecule has 0 atom stereocenters. The summed E-state index contributed by atoms with van der Waals surface area (Å²) in [5.74, 6) is 0. The van der Waals surface area contributed by atoms with Crippen LogP contribution in [0.15, 0.2) is 0 Å². The van der Waals surface area contributed by atoms with Crippen LogP contribution in [0.5, 0.6) is 0 Å². The first-order valence-corrected chi connectivity index (χ1v) is 3.93. The first kappa shape index (κ1) is 14.9. The summed E-state index contributed by atoms with van der Waals surface area (Å²) in [6, 6.07) is 0. The third-order valence-corrected chi connectivity index (χ3v) is 0.822. The van der Waals surface area contributed by atoms with E-state index in [1.807, 2.05) is 0 Å². The van der Waals surface area contributed by atoms with Crippen molar-refractivity contribution < 1.29 is 20.1 Å². The molecule has 3 N–H and O–H groups in total. The minimum atomic E-state index is -1.72. The molecule has 7 heteroatoms. The van der Waals surface area contributed by atoms with Gasteiger partial charge in [0.1, 0.15) is 6.10 Å². The third-order valence-electron chi connectivity index (χ3n) is 0.555. The van der Waals surface area contributed by atoms with E-state index < -0.39 is 9.90 Å². The van der Waals surface area contributed by atoms with Crippen LogP contribution in [0.1, 0.15) is 0 Å². The van der Waals surface area contributed by atoms with Crippen LogP contribution < -0.4 is 0 Å². The fourth-order valence-corrected chi connectivity index (χ4v) is 0.0577. The second kappa shape index (κ2) is 8.04. The Bertz CT molecular complexity index is 110. The van der Waals surface area contributed by atoms with Crippen molar-refractivity contribution in [3.05, 3.63) is 0 Å². The second-order valence-electron chi connectivity index (χ2n) is 1.68. The van der Waals surface area contributed by atoms with Gasteiger partial charge in [-0.05, 0) is 0 Å². The van der Waals surface area contributed by atoms with Gasteiger partial charge in [-0.1, -0.05) is 34.8 Å². The zero-order chi connectivity index (χ0) is 10.2. The zero-order valence-electron chi connectivity index (χ0n) is 5.95. The number of halogens is 3. The lowest BCUT2D eigenvalue weighted by molar-refractivity contribution is -0.107. The van der Waals surface area contributed by atoms with Gasteiger partial charge in [0.15, 0.2) is 6.29 Å². The maximum Gasteiger partial charge on any atom is 0.245 e. The molecular formula is C5H9Cl3O4. The van der Waals surface area contributed by atoms with Crippen LogP contribution >= 0.6 is 34.8 Å². The Morgan fingerprint density at radius 1 is 1.25 bits per heavy atom. The molecule has 0 aliphatic carbocycles. The molecule has 0 unspecified atom stereocenters. The largest absolute Gasteiger partial charge is 0.394 e. The van der Waals surface area contributed by atoms with Gasteiger partial charge in [0, 0.05) is 0 Å². The van der Waals surface area contributed by atoms with Crippen molar-refractivity contribution in [1.29, 1.82) is 0 Å². The van der Waals surface area contributed by atoms with Crippen molar-refractivity contribution in [3.8, 4) is 0 Å². The molecule has 0 saturated carbocycles. The summed E-state index contributed by atoms with van der Waals surface area (Å²) < 4.78 is -1.72. The van der Waals surface area contributed by atoms with E-state index in [1.165, 1.54) is 0 Å². The molecule has 0 aromatic carbocycles. The van der Waals surface area contributed by atoms with Gasteiger partial charge >= 0.3 is 0 Å². The van der Waals surface area contributed by atoms with Gasteiger partial charge in [-0.15, -0.1) is 0 Å². The molecular weight excluding hydrogens is 230 g/mol. The van der Waals surface area contributed by atoms with Crippen molar-refractivity contribution in [2.24, 2.45) is 0 Å². The number of aliphatic hydroxyl groups is 3. The Balaban J connectivity index is 0. The average molecular weight is 239 g/mol. The Hall–Kier alpha value is 0.420. The first-order chi connectivity index (χ1) is 5.37. The van der Waals surface area contributed by atoms with Gasteiger partial charge in [-0.3, -0.25) is 4.79 Å². The molecule has 0 amide bonds. The highest BCUT2D eigenvalue weighted by Gasteiger charge is 2.16. The van der Waals surface area contributed by atoms with Crippen LogP contribution in [0, 0.1) is 0 Å². The van der Waals surface area contributed by atoms with Crippen LogP contribution in [0.4, 0.5) is 0 Å². The molecule has 0 aromatic heterocycles. The molecule has 74 valence electrons. The van der Waals surface area contributed by atoms with E-state index in [4.69, 9.17) is 50.1 Å². The molecule has 0 heterocycles. The SMILES string of the molecule is O=CC(Cl)(Cl)Cl.OCC(O)CO. The molecule has 0 aliphatic rings. The summed E-state index contributed by atoms with van der Waals surface area (Å²) >= 11 is 14.6. The lowest BCUT2D eigenvalue weighted by atomic mass is 10.4. The summed E-state index contributed by atoms with van der Waals surface area (Å²) in [6.45, 7) is -0.729. The van der Waals surface area contributed by atoms with E-state index in [-0.39, 0.29) is 19.5 Å². The molecule has 0 radical (unpaired) electrons. The molecule has 0 saturated heterocycles. The summed E-state index contributed by atoms with van der Waals surface area (Å²) in [6.07, 6.45) is -0.720. The molecule has 0 aromatic rings. The second-order valence-corrected chi connectivity index (χ2v) is 4.05. The topological polar surface area (TPSA) is 77.8 Å². The highest BCUT2D eigenvalue weighted by molar-refractivity contribution is 6.74. The van der Waals surface area contributed by atoms with Gasteiger partial charge < -0.3 is 15.3 Å². The van der Waals surface area contributed by atoms with E-state index in [0.717, 1.165) is 0 Å². The zero-order valence-corrected chi connectivity index (χ0v) is 8.22. The summed E-state index contributed by atoms with van der Waals surface area (Å²) in [5.41, 5.74) is 0. The predicted octanol–water partition coefficient (Wildman–Crippen LogP) is -0.113. The van der Waals surface area contributed by atoms with Crippen molar-refractivity contribution in [2.45, 2.75) is 9.90 Å². The third kappa shape index (κ3) is 16.8. The molecule has 0 rings (SSSR count). The van der Waals surface area contributed by atoms with Gasteiger partial charge in [-0.2, -0.15) is 0 Å². The summed E-state index contributed by atoms with van der Waals surface area (Å²) in [7, 11) is 0. The lowest BCUT2D eigenvalue weighted by Crippen LogP contribution is -2.15. The van der Waals surface area contributed by atoms with Gasteiger partial charge in [0.05, 0.1) is 13.2 Å². The van der Waals surface area contributed by atoms with Crippen LogP contribution in [0.25, 0.3) is 0 Å². The number of carbonyl (C=O) groups is 1. The first-order valence-electron chi connectivity index (χ1n) is 2.80. The van der Waals surface area contributed by atoms with Crippen LogP contribution in [0.3, 0.4) is 0 Å². The number of hydrogen-bond donors (Lipinski definition) is 3. The Kier molecular flexibility index (Phi) is 9.99. The Labute approximate surface area is 84.7 Å². The maximum absolute atomic E-state index is 9.43. The van der Waals surface area contributed by atoms with Gasteiger partial charge in [0.25, 0.3) is 0 Å². The van der Waals surface area contributed by atoms with Crippen molar-refractivity contribution in [3.63, 3.8) is 0 Å². The van der Waals surface area contributed by atoms with Gasteiger partial charge in [-0.25, -0.2) is 0 Å². The monoisotopic (exact) mass is 238 g/mol. The standard InChI is InChI=1S/C3H8O3.C2HCl3O/c4-1-3(6)2-5;3-2(4,5)1-6/h3-6H,1-2H2;1H. The van der Waals surface area contributed by atoms with E-state index in [2.05, 4.69) is 0 Å². The molecule has 0 aliphatic heterocycles. The molecule has 4 nitrogen and oxygen atoms in total. The molecule has 0 spiro atoms. The number of aliphatic hydroxyl groups excluding tert-OH is 3. The maximum atomic E-state index is 9.43. The molecule has 0 bridgehead atoms. The Morgan fingerprint density at radius 3 is 1.50 bits per heavy atom. The normalized spacial score (nSPS) is 10.6. The smallest absolute Gasteiger partial charge is 0.245 e. The quantitative estimate of drug-likeness (QED) is 0.464. The molecule has 12 heavy (non-hydrogen) atoms. The van der Waals surface area contributed by atoms with Crippen molar-refractivity contribution in [1.82, 2.24) is 0 Å². The summed E-state index contributed by atoms with van der Waals surface area (Å²) in [4.78, 5) is 9.43. The fraction of sp³-hybridized carbons (Fsp3) is 0.800. The van der Waals surface area contributed by atoms with Gasteiger partial charge in [0.2, 0.25) is 3.79 Å². The van der Waals surface area contributed by atoms with Crippen LogP contribution in [-0.2, 0) is 4.79 Å². The van der Waals surface area contributed by atoms with E-state index >= 15 is 0 Å². The number of hydrogen-bond acceptors (Lipinski definition) is 4. The highest BCUT2D eigenvalue weighted by Crippen LogP contribution is 2.21. The minimum absolute atomic E-state index is 0.234. The van der Waals surface area contributed by atoms with E-state index in [9.17, 15) is 4.79 Å². The van der Waals surface area contributed by atoms with Crippen LogP contribution in [0.2, 0.25) is 0 Å². The van der Waals surface area contributed by atoms with Crippen molar-refractivity contribution in [2.75, 3.05) is 13.2 Å². The number of rotatable bonds is 2.